The zero-order chi connectivity index (χ0) is 14.5. The Labute approximate surface area is 120 Å². The van der Waals surface area contributed by atoms with Crippen LogP contribution in [0.3, 0.4) is 0 Å². The van der Waals surface area contributed by atoms with Crippen LogP contribution in [0.25, 0.3) is 0 Å². The van der Waals surface area contributed by atoms with Gasteiger partial charge >= 0.3 is 0 Å². The van der Waals surface area contributed by atoms with Gasteiger partial charge in [0.25, 0.3) is 0 Å². The maximum Gasteiger partial charge on any atom is 0.118 e. The Balaban J connectivity index is 2.03. The molecule has 0 atom stereocenters. The second-order valence-corrected chi connectivity index (χ2v) is 5.14. The number of ether oxygens (including phenoxy) is 1. The summed E-state index contributed by atoms with van der Waals surface area (Å²) in [6, 6.07) is 8.23. The Kier molecular flexibility index (Phi) is 4.79. The topological polar surface area (TPSA) is 50.8 Å². The number of rotatable bonds is 3. The summed E-state index contributed by atoms with van der Waals surface area (Å²) in [5, 5.41) is 0. The summed E-state index contributed by atoms with van der Waals surface area (Å²) < 4.78 is 5.18. The molecule has 20 heavy (non-hydrogen) atoms. The summed E-state index contributed by atoms with van der Waals surface area (Å²) in [6.45, 7) is 4.78. The Morgan fingerprint density at radius 1 is 1.35 bits per heavy atom. The summed E-state index contributed by atoms with van der Waals surface area (Å²) in [7, 11) is 3.53. The van der Waals surface area contributed by atoms with E-state index >= 15 is 0 Å². The van der Waals surface area contributed by atoms with Gasteiger partial charge in [-0.1, -0.05) is 12.1 Å². The minimum Gasteiger partial charge on any atom is -0.497 e. The number of aliphatic imine (C=N–C) groups is 1. The van der Waals surface area contributed by atoms with E-state index in [1.807, 2.05) is 26.1 Å². The molecule has 1 aromatic rings. The van der Waals surface area contributed by atoms with Crippen molar-refractivity contribution in [3.05, 3.63) is 41.1 Å². The maximum absolute atomic E-state index is 5.93. The van der Waals surface area contributed by atoms with E-state index in [0.29, 0.717) is 0 Å². The SMILES string of the molecule is CN=C1CN(Cc2ccc(OC)cc2)CC/C1=C(\C)N. The molecule has 0 aliphatic carbocycles. The highest BCUT2D eigenvalue weighted by molar-refractivity contribution is 6.02. The summed E-state index contributed by atoms with van der Waals surface area (Å²) in [5.74, 6) is 0.896. The minimum absolute atomic E-state index is 0.867. The van der Waals surface area contributed by atoms with E-state index in [2.05, 4.69) is 22.0 Å². The predicted molar refractivity (Wildman–Crippen MR) is 83.1 cm³/mol. The molecule has 1 fully saturated rings. The Morgan fingerprint density at radius 2 is 2.05 bits per heavy atom. The Hall–Kier alpha value is -1.81. The minimum atomic E-state index is 0.867. The average molecular weight is 273 g/mol. The second-order valence-electron chi connectivity index (χ2n) is 5.14. The third-order valence-electron chi connectivity index (χ3n) is 3.71. The lowest BCUT2D eigenvalue weighted by Gasteiger charge is -2.30. The Morgan fingerprint density at radius 3 is 2.60 bits per heavy atom. The van der Waals surface area contributed by atoms with Crippen LogP contribution < -0.4 is 10.5 Å². The van der Waals surface area contributed by atoms with Crippen LogP contribution in [-0.2, 0) is 6.54 Å². The molecule has 108 valence electrons. The van der Waals surface area contributed by atoms with Crippen LogP contribution in [0.1, 0.15) is 18.9 Å². The number of nitrogens with two attached hydrogens (primary N) is 1. The lowest BCUT2D eigenvalue weighted by Crippen LogP contribution is -2.37. The molecule has 1 aromatic carbocycles. The van der Waals surface area contributed by atoms with E-state index < -0.39 is 0 Å². The van der Waals surface area contributed by atoms with E-state index in [1.165, 1.54) is 11.1 Å². The zero-order valence-corrected chi connectivity index (χ0v) is 12.5. The highest BCUT2D eigenvalue weighted by Gasteiger charge is 2.20. The molecule has 0 radical (unpaired) electrons. The lowest BCUT2D eigenvalue weighted by atomic mass is 9.99. The van der Waals surface area contributed by atoms with Gasteiger partial charge in [-0.2, -0.15) is 0 Å². The first kappa shape index (κ1) is 14.6. The van der Waals surface area contributed by atoms with Gasteiger partial charge in [0.15, 0.2) is 0 Å². The molecule has 1 saturated heterocycles. The van der Waals surface area contributed by atoms with Crippen molar-refractivity contribution in [2.45, 2.75) is 19.9 Å². The molecule has 0 saturated carbocycles. The predicted octanol–water partition coefficient (Wildman–Crippen LogP) is 2.20. The van der Waals surface area contributed by atoms with Crippen molar-refractivity contribution in [2.75, 3.05) is 27.2 Å². The number of hydrogen-bond acceptors (Lipinski definition) is 4. The van der Waals surface area contributed by atoms with E-state index in [4.69, 9.17) is 10.5 Å². The summed E-state index contributed by atoms with van der Waals surface area (Å²) in [4.78, 5) is 6.79. The van der Waals surface area contributed by atoms with Crippen molar-refractivity contribution in [1.29, 1.82) is 0 Å². The van der Waals surface area contributed by atoms with Gasteiger partial charge in [-0.15, -0.1) is 0 Å². The lowest BCUT2D eigenvalue weighted by molar-refractivity contribution is 0.296. The molecule has 0 bridgehead atoms. The van der Waals surface area contributed by atoms with Crippen molar-refractivity contribution in [3.63, 3.8) is 0 Å². The van der Waals surface area contributed by atoms with E-state index in [0.717, 1.165) is 43.2 Å². The number of nitrogens with zero attached hydrogens (tertiary/aromatic N) is 2. The van der Waals surface area contributed by atoms with E-state index in [1.54, 1.807) is 7.11 Å². The van der Waals surface area contributed by atoms with Crippen molar-refractivity contribution < 1.29 is 4.74 Å². The van der Waals surface area contributed by atoms with Crippen molar-refractivity contribution in [3.8, 4) is 5.75 Å². The van der Waals surface area contributed by atoms with Gasteiger partial charge in [-0.25, -0.2) is 0 Å². The van der Waals surface area contributed by atoms with Crippen LogP contribution in [0.5, 0.6) is 5.75 Å². The average Bonchev–Trinajstić information content (AvgIpc) is 2.47. The summed E-state index contributed by atoms with van der Waals surface area (Å²) in [6.07, 6.45) is 0.977. The maximum atomic E-state index is 5.93. The molecule has 0 amide bonds. The van der Waals surface area contributed by atoms with Gasteiger partial charge in [0.05, 0.1) is 12.8 Å². The van der Waals surface area contributed by atoms with Gasteiger partial charge in [0.1, 0.15) is 5.75 Å². The fourth-order valence-corrected chi connectivity index (χ4v) is 2.56. The number of allylic oxidation sites excluding steroid dienone is 1. The molecule has 0 spiro atoms. The van der Waals surface area contributed by atoms with E-state index in [-0.39, 0.29) is 0 Å². The third kappa shape index (κ3) is 3.39. The molecule has 1 aliphatic rings. The molecule has 0 aromatic heterocycles. The zero-order valence-electron chi connectivity index (χ0n) is 12.5. The highest BCUT2D eigenvalue weighted by Crippen LogP contribution is 2.19. The number of benzene rings is 1. The molecular formula is C16H23N3O. The fourth-order valence-electron chi connectivity index (χ4n) is 2.56. The molecule has 2 N–H and O–H groups in total. The molecule has 4 nitrogen and oxygen atoms in total. The van der Waals surface area contributed by atoms with Crippen molar-refractivity contribution in [1.82, 2.24) is 4.90 Å². The molecule has 2 rings (SSSR count). The van der Waals surface area contributed by atoms with Crippen LogP contribution in [0.4, 0.5) is 0 Å². The molecule has 1 aliphatic heterocycles. The number of methoxy groups -OCH3 is 1. The van der Waals surface area contributed by atoms with Gasteiger partial charge in [0.2, 0.25) is 0 Å². The van der Waals surface area contributed by atoms with Crippen LogP contribution in [0.15, 0.2) is 40.5 Å². The summed E-state index contributed by atoms with van der Waals surface area (Å²) in [5.41, 5.74) is 10.5. The van der Waals surface area contributed by atoms with Crippen LogP contribution in [0, 0.1) is 0 Å². The number of piperidine rings is 1. The monoisotopic (exact) mass is 273 g/mol. The van der Waals surface area contributed by atoms with Crippen LogP contribution in [0.2, 0.25) is 0 Å². The van der Waals surface area contributed by atoms with Crippen molar-refractivity contribution >= 4 is 5.71 Å². The quantitative estimate of drug-likeness (QED) is 0.918. The van der Waals surface area contributed by atoms with Crippen LogP contribution in [-0.4, -0.2) is 37.9 Å². The second kappa shape index (κ2) is 6.57. The summed E-state index contributed by atoms with van der Waals surface area (Å²) >= 11 is 0. The smallest absolute Gasteiger partial charge is 0.118 e. The molecule has 1 heterocycles. The van der Waals surface area contributed by atoms with Gasteiger partial charge in [0, 0.05) is 32.4 Å². The molecule has 0 unspecified atom stereocenters. The van der Waals surface area contributed by atoms with Gasteiger partial charge in [-0.05, 0) is 36.6 Å². The highest BCUT2D eigenvalue weighted by atomic mass is 16.5. The third-order valence-corrected chi connectivity index (χ3v) is 3.71. The van der Waals surface area contributed by atoms with Gasteiger partial charge in [-0.3, -0.25) is 9.89 Å². The standard InChI is InChI=1S/C16H23N3O/c1-12(17)15-8-9-19(11-16(15)18-2)10-13-4-6-14(20-3)7-5-13/h4-7H,8-11,17H2,1-3H3/b15-12-,18-16?. The molecule has 4 heteroatoms. The normalized spacial score (nSPS) is 21.1. The number of hydrogen-bond donors (Lipinski definition) is 1. The van der Waals surface area contributed by atoms with Crippen molar-refractivity contribution in [2.24, 2.45) is 10.7 Å². The number of likely N-dealkylation sites (tertiary alicyclic amines) is 1. The largest absolute Gasteiger partial charge is 0.497 e. The first-order valence-electron chi connectivity index (χ1n) is 6.90. The Bertz CT molecular complexity index is 513. The van der Waals surface area contributed by atoms with Gasteiger partial charge < -0.3 is 10.5 Å². The first-order valence-corrected chi connectivity index (χ1v) is 6.90. The van der Waals surface area contributed by atoms with Crippen LogP contribution >= 0.6 is 0 Å². The first-order chi connectivity index (χ1) is 9.63. The van der Waals surface area contributed by atoms with E-state index in [9.17, 15) is 0 Å². The fraction of sp³-hybridized carbons (Fsp3) is 0.438. The molecular weight excluding hydrogens is 250 g/mol.